The van der Waals surface area contributed by atoms with Gasteiger partial charge in [0.1, 0.15) is 40.5 Å². The van der Waals surface area contributed by atoms with Crippen molar-refractivity contribution in [3.8, 4) is 0 Å². The van der Waals surface area contributed by atoms with E-state index in [-0.39, 0.29) is 155 Å². The summed E-state index contributed by atoms with van der Waals surface area (Å²) in [5.41, 5.74) is 1.85. The second-order valence-electron chi connectivity index (χ2n) is 33.4. The fourth-order valence-corrected chi connectivity index (χ4v) is 16.6. The average molecular weight is 1830 g/mol. The van der Waals surface area contributed by atoms with Crippen LogP contribution in [0.25, 0.3) is 0 Å². The molecule has 14 atom stereocenters. The van der Waals surface area contributed by atoms with Crippen molar-refractivity contribution in [2.24, 2.45) is 5.92 Å². The Morgan fingerprint density at radius 2 is 0.528 bits per heavy atom. The third-order valence-electron chi connectivity index (χ3n) is 21.4. The van der Waals surface area contributed by atoms with Gasteiger partial charge < -0.3 is 99.6 Å². The highest BCUT2D eigenvalue weighted by molar-refractivity contribution is 7.10. The van der Waals surface area contributed by atoms with Crippen LogP contribution in [0.4, 0.5) is 0 Å². The number of ketones is 7. The molecule has 9 heterocycles. The van der Waals surface area contributed by atoms with Gasteiger partial charge in [0.05, 0.1) is 67.3 Å². The van der Waals surface area contributed by atoms with Gasteiger partial charge in [-0.3, -0.25) is 62.3 Å². The zero-order valence-corrected chi connectivity index (χ0v) is 75.9. The lowest BCUT2D eigenvalue weighted by molar-refractivity contribution is -0.123. The summed E-state index contributed by atoms with van der Waals surface area (Å²) in [4.78, 5) is 151. The van der Waals surface area contributed by atoms with Crippen LogP contribution in [0.5, 0.6) is 0 Å². The smallest absolute Gasteiger partial charge is 0.426 e. The number of thiophene rings is 2. The molecule has 8 aliphatic rings. The zero-order chi connectivity index (χ0) is 93.2. The number of carbonyl (C=O) groups excluding carboxylic acids is 13. The molecule has 44 heteroatoms. The van der Waals surface area contributed by atoms with Gasteiger partial charge in [-0.25, -0.2) is 4.84 Å². The van der Waals surface area contributed by atoms with Gasteiger partial charge in [-0.2, -0.15) is 0 Å². The summed E-state index contributed by atoms with van der Waals surface area (Å²) in [5.74, 6) is -2.74. The normalized spacial score (nSPS) is 24.3. The van der Waals surface area contributed by atoms with Crippen molar-refractivity contribution in [2.45, 2.75) is 313 Å². The van der Waals surface area contributed by atoms with Crippen LogP contribution in [0.15, 0.2) is 95.7 Å². The van der Waals surface area contributed by atoms with E-state index in [4.69, 9.17) is 44.4 Å². The molecule has 7 aliphatic heterocycles. The molecule has 1 saturated carbocycles. The van der Waals surface area contributed by atoms with Crippen LogP contribution in [0.3, 0.4) is 0 Å². The van der Waals surface area contributed by atoms with Crippen LogP contribution in [0.2, 0.25) is 0 Å². The van der Waals surface area contributed by atoms with E-state index in [0.717, 1.165) is 46.6 Å². The Labute approximate surface area is 758 Å². The summed E-state index contributed by atoms with van der Waals surface area (Å²) in [7, 11) is -7.09. The molecule has 4 aromatic rings. The number of hydrogen-bond donors (Lipinski definition) is 14. The third kappa shape index (κ3) is 44.3. The van der Waals surface area contributed by atoms with Crippen molar-refractivity contribution in [1.82, 2.24) is 36.7 Å². The van der Waals surface area contributed by atoms with E-state index in [1.807, 2.05) is 95.7 Å². The predicted octanol–water partition coefficient (Wildman–Crippen LogP) is 3.69. The van der Waals surface area contributed by atoms with Crippen LogP contribution in [-0.2, 0) is 121 Å². The Morgan fingerprint density at radius 1 is 0.299 bits per heavy atom. The molecule has 692 valence electrons. The highest BCUT2D eigenvalue weighted by Gasteiger charge is 2.43. The fourth-order valence-electron chi connectivity index (χ4n) is 15.0. The molecule has 127 heavy (non-hydrogen) atoms. The van der Waals surface area contributed by atoms with Gasteiger partial charge in [0.15, 0.2) is 0 Å². The third-order valence-corrected chi connectivity index (χ3v) is 23.4. The summed E-state index contributed by atoms with van der Waals surface area (Å²) in [6.07, 6.45) is 13.0. The van der Waals surface area contributed by atoms with E-state index in [0.29, 0.717) is 135 Å². The molecule has 2 aromatic heterocycles. The Bertz CT molecular complexity index is 3920. The summed E-state index contributed by atoms with van der Waals surface area (Å²) in [6, 6.07) is 26.5. The van der Waals surface area contributed by atoms with E-state index in [1.165, 1.54) is 78.1 Å². The Hall–Kier alpha value is -7.51. The van der Waals surface area contributed by atoms with Crippen LogP contribution >= 0.6 is 34.5 Å². The first-order valence-electron chi connectivity index (χ1n) is 43.4. The van der Waals surface area contributed by atoms with Crippen molar-refractivity contribution in [1.29, 1.82) is 0 Å². The van der Waals surface area contributed by atoms with Gasteiger partial charge >= 0.3 is 49.8 Å². The van der Waals surface area contributed by atoms with E-state index >= 15 is 0 Å². The molecule has 0 radical (unpaired) electrons. The quantitative estimate of drug-likeness (QED) is 0.0261. The highest BCUT2D eigenvalue weighted by Crippen LogP contribution is 2.31. The molecule has 14 N–H and O–H groups in total. The minimum absolute atomic E-state index is 0.0164. The first-order valence-corrected chi connectivity index (χ1v) is 45.5. The summed E-state index contributed by atoms with van der Waals surface area (Å²) >= 11 is 8.43. The minimum Gasteiger partial charge on any atom is -0.426 e. The molecule has 2 aromatic carbocycles. The van der Waals surface area contributed by atoms with E-state index in [1.54, 1.807) is 0 Å². The topological polar surface area (TPSA) is 512 Å². The fraction of sp³-hybridized carbons (Fsp3) is 0.602. The molecule has 6 amide bonds. The predicted molar refractivity (Wildman–Crippen MR) is 481 cm³/mol. The Kier molecular flexibility index (Phi) is 49.1. The molecule has 0 spiro atoms. The van der Waals surface area contributed by atoms with Crippen molar-refractivity contribution < 1.29 is 130 Å². The molecule has 1 aliphatic carbocycles. The number of nitrogens with one attached hydrogen (secondary N) is 7. The first kappa shape index (κ1) is 108. The zero-order valence-electron chi connectivity index (χ0n) is 73.5. The highest BCUT2D eigenvalue weighted by atomic mass is 35.5. The second-order valence-corrected chi connectivity index (χ2v) is 35.7. The van der Waals surface area contributed by atoms with E-state index in [9.17, 15) is 97.5 Å². The summed E-state index contributed by atoms with van der Waals surface area (Å²) in [5, 5.41) is 88.7. The molecule has 8 fully saturated rings. The number of rotatable bonds is 30. The largest absolute Gasteiger partial charge is 0.478 e. The lowest BCUT2D eigenvalue weighted by Gasteiger charge is -2.31. The maximum atomic E-state index is 12.0. The number of hydrogen-bond acceptors (Lipinski definition) is 30. The molecule has 0 bridgehead atoms. The maximum Gasteiger partial charge on any atom is 0.478 e. The number of amides is 6. The van der Waals surface area contributed by atoms with Crippen molar-refractivity contribution in [3.05, 3.63) is 117 Å². The first-order chi connectivity index (χ1) is 60.3. The number of Topliss-reactive ketones (excluding diaryl/α,β-unsaturated/α-hetero) is 7. The summed E-state index contributed by atoms with van der Waals surface area (Å²) < 4.78 is 37.2. The van der Waals surface area contributed by atoms with E-state index < -0.39 is 73.6 Å². The monoisotopic (exact) mass is 1830 g/mol. The SMILES string of the molecule is CC(=O)CC1CC[C@H](NC(=O)C2CC2)B(O)O1.CC(=O)CC1CC[C@H](NC(=O)Cc2ccccc2)B(O)O1.CC(=O)CC1CC[C@H](NC(=O)Cc2cccs2)B(O)O1.CC(=O)CC1CC[C@H](NC(C)=O)B(O)O1.CC(=O)C[C@@H]1CC[C@H](NC(=O)Cc2ccccc2)B(O)O1.CC(=O)C[C@@H]1CC[C@H](NC(=O)Cc2cccs2)B(O)O1.CC(=O)C[C@@H]1CC[C@H](NCl)B(O)O1. The lowest BCUT2D eigenvalue weighted by atomic mass is 9.72. The Morgan fingerprint density at radius 3 is 0.732 bits per heavy atom. The van der Waals surface area contributed by atoms with Crippen LogP contribution in [0.1, 0.15) is 224 Å². The number of halogens is 1. The molecule has 34 nitrogen and oxygen atoms in total. The number of benzene rings is 2. The standard InChI is InChI=1S/2C15H20BNO4.2C13H18BNO4S.C11H18BNO4.C9H16BNO4.C7H13BClNO3/c2*1-11(18)9-13-7-8-14(16(20)21-13)17-15(19)10-12-5-3-2-4-6-12;2*1-9(16)7-10-4-5-12(14(18)19-10)15-13(17)8-11-3-2-6-20-11;1-7(14)6-9-4-5-10(12(16)17-9)13-11(15)8-2-3-8;1-6(12)5-8-3-4-9(10(14)15-8)11-7(2)13;1-5(11)4-6-2-3-7(10-9)8(12)13-6/h2*2-6,13-14,20H,7-10H2,1H3,(H,17,19);2*2-3,6,10,12,18H,4-5,7-8H2,1H3,(H,15,17);8-10,16H,2-6H2,1H3,(H,13,15);8-9,14H,3-5H2,1-2H3,(H,11,13);6-7,10,12H,2-4H2,1H3/t13?,14-;13-,14-;10?,12-;10-,12-;9?,10-;8?,9-;6-,7-/m0000000/s1. The van der Waals surface area contributed by atoms with Gasteiger partial charge in [-0.05, 0) is 197 Å². The molecule has 4 unspecified atom stereocenters. The summed E-state index contributed by atoms with van der Waals surface area (Å²) in [6.45, 7) is 11.9. The molecule has 7 saturated heterocycles. The number of carbonyl (C=O) groups is 13. The van der Waals surface area contributed by atoms with Gasteiger partial charge in [0, 0.05) is 110 Å². The van der Waals surface area contributed by atoms with Crippen LogP contribution < -0.4 is 36.7 Å². The second kappa shape index (κ2) is 57.6. The van der Waals surface area contributed by atoms with Gasteiger partial charge in [0.25, 0.3) is 0 Å². The van der Waals surface area contributed by atoms with Crippen molar-refractivity contribution in [2.75, 3.05) is 0 Å². The average Bonchev–Trinajstić information content (AvgIpc) is 1.73. The van der Waals surface area contributed by atoms with Crippen LogP contribution in [-0.4, -0.2) is 245 Å². The van der Waals surface area contributed by atoms with Crippen molar-refractivity contribution >= 4 is 160 Å². The van der Waals surface area contributed by atoms with Crippen molar-refractivity contribution in [3.63, 3.8) is 0 Å². The minimum atomic E-state index is -1.05. The van der Waals surface area contributed by atoms with Crippen LogP contribution in [0, 0.1) is 5.92 Å². The molecular weight excluding hydrogens is 1700 g/mol. The Balaban J connectivity index is 0.000000230. The van der Waals surface area contributed by atoms with Gasteiger partial charge in [-0.1, -0.05) is 72.8 Å². The lowest BCUT2D eigenvalue weighted by Crippen LogP contribution is -2.53. The maximum absolute atomic E-state index is 12.0. The van der Waals surface area contributed by atoms with Gasteiger partial charge in [-0.15, -0.1) is 22.7 Å². The molecular formula is C83H123B7ClN7O27S2. The molecule has 12 rings (SSSR count). The van der Waals surface area contributed by atoms with Gasteiger partial charge in [0.2, 0.25) is 35.4 Å². The van der Waals surface area contributed by atoms with E-state index in [2.05, 4.69) is 36.7 Å².